The highest BCUT2D eigenvalue weighted by atomic mass is 35.5. The Labute approximate surface area is 135 Å². The van der Waals surface area contributed by atoms with Crippen LogP contribution >= 0.6 is 36.2 Å². The molecule has 0 aliphatic carbocycles. The van der Waals surface area contributed by atoms with Gasteiger partial charge in [0.25, 0.3) is 0 Å². The zero-order chi connectivity index (χ0) is 12.2. The van der Waals surface area contributed by atoms with Crippen LogP contribution in [0.2, 0.25) is 0 Å². The fraction of sp³-hybridized carbons (Fsp3) is 0.200. The van der Waals surface area contributed by atoms with Crippen LogP contribution in [-0.2, 0) is 0 Å². The van der Waals surface area contributed by atoms with Crippen LogP contribution in [-0.4, -0.2) is 17.2 Å². The number of aliphatic imine (C=N–C) groups is 1. The van der Waals surface area contributed by atoms with E-state index >= 15 is 0 Å². The van der Waals surface area contributed by atoms with Crippen molar-refractivity contribution in [1.29, 1.82) is 0 Å². The van der Waals surface area contributed by atoms with Crippen LogP contribution in [0.25, 0.3) is 6.08 Å². The van der Waals surface area contributed by atoms with E-state index in [1.165, 1.54) is 11.1 Å². The molecule has 20 heavy (non-hydrogen) atoms. The molecule has 0 bridgehead atoms. The smallest absolute Gasteiger partial charge is 0.0694 e. The molecule has 0 saturated carbocycles. The summed E-state index contributed by atoms with van der Waals surface area (Å²) in [5.41, 5.74) is 4.83. The Morgan fingerprint density at radius 1 is 1.20 bits per heavy atom. The zero-order valence-electron chi connectivity index (χ0n) is 10.9. The van der Waals surface area contributed by atoms with E-state index < -0.39 is 0 Å². The number of halogens is 2. The topological polar surface area (TPSA) is 25.2 Å². The van der Waals surface area contributed by atoms with Gasteiger partial charge in [0.2, 0.25) is 0 Å². The quantitative estimate of drug-likeness (QED) is 0.788. The summed E-state index contributed by atoms with van der Waals surface area (Å²) >= 11 is 1.73. The third kappa shape index (κ3) is 3.92. The van der Waals surface area contributed by atoms with Crippen molar-refractivity contribution in [1.82, 2.24) is 4.98 Å². The third-order valence-corrected chi connectivity index (χ3v) is 3.70. The first-order valence-corrected chi connectivity index (χ1v) is 7.06. The number of aromatic nitrogens is 1. The van der Waals surface area contributed by atoms with Gasteiger partial charge in [0.05, 0.1) is 5.71 Å². The van der Waals surface area contributed by atoms with Gasteiger partial charge in [-0.1, -0.05) is 0 Å². The van der Waals surface area contributed by atoms with Gasteiger partial charge in [-0.3, -0.25) is 9.98 Å². The van der Waals surface area contributed by atoms with E-state index in [1.54, 1.807) is 17.5 Å². The summed E-state index contributed by atoms with van der Waals surface area (Å²) in [6.07, 6.45) is 8.19. The minimum Gasteiger partial charge on any atom is -0.284 e. The fourth-order valence-electron chi connectivity index (χ4n) is 2.16. The maximum absolute atomic E-state index is 4.67. The van der Waals surface area contributed by atoms with Gasteiger partial charge in [-0.25, -0.2) is 0 Å². The highest BCUT2D eigenvalue weighted by Crippen LogP contribution is 2.22. The molecule has 0 spiro atoms. The van der Waals surface area contributed by atoms with Crippen molar-refractivity contribution in [2.45, 2.75) is 12.8 Å². The van der Waals surface area contributed by atoms with Crippen LogP contribution in [0.5, 0.6) is 0 Å². The lowest BCUT2D eigenvalue weighted by Crippen LogP contribution is -2.11. The first kappa shape index (κ1) is 16.9. The molecule has 0 N–H and O–H groups in total. The van der Waals surface area contributed by atoms with E-state index in [4.69, 9.17) is 0 Å². The van der Waals surface area contributed by atoms with Crippen molar-refractivity contribution in [3.8, 4) is 0 Å². The van der Waals surface area contributed by atoms with Crippen molar-refractivity contribution >= 4 is 47.9 Å². The second-order valence-corrected chi connectivity index (χ2v) is 5.08. The lowest BCUT2D eigenvalue weighted by Gasteiger charge is -2.16. The van der Waals surface area contributed by atoms with E-state index in [9.17, 15) is 0 Å². The second-order valence-electron chi connectivity index (χ2n) is 4.30. The molecular weight excluding hydrogens is 311 g/mol. The first-order valence-electron chi connectivity index (χ1n) is 6.11. The van der Waals surface area contributed by atoms with Crippen LogP contribution in [0.3, 0.4) is 0 Å². The predicted molar refractivity (Wildman–Crippen MR) is 91.7 cm³/mol. The van der Waals surface area contributed by atoms with Gasteiger partial charge in [0.1, 0.15) is 0 Å². The molecular formula is C15H16Cl2N2S. The van der Waals surface area contributed by atoms with E-state index in [2.05, 4.69) is 38.9 Å². The second kappa shape index (κ2) is 8.20. The summed E-state index contributed by atoms with van der Waals surface area (Å²) in [6, 6.07) is 6.19. The summed E-state index contributed by atoms with van der Waals surface area (Å²) in [5, 5.41) is 4.28. The molecule has 106 valence electrons. The van der Waals surface area contributed by atoms with Gasteiger partial charge >= 0.3 is 0 Å². The number of hydrogen-bond donors (Lipinski definition) is 0. The molecule has 3 heterocycles. The van der Waals surface area contributed by atoms with Gasteiger partial charge in [-0.05, 0) is 59.0 Å². The third-order valence-electron chi connectivity index (χ3n) is 3.00. The number of allylic oxidation sites excluding steroid dienone is 1. The largest absolute Gasteiger partial charge is 0.284 e. The molecule has 0 fully saturated rings. The maximum Gasteiger partial charge on any atom is 0.0694 e. The molecule has 0 saturated heterocycles. The van der Waals surface area contributed by atoms with E-state index in [0.29, 0.717) is 0 Å². The van der Waals surface area contributed by atoms with Crippen LogP contribution in [0, 0.1) is 0 Å². The summed E-state index contributed by atoms with van der Waals surface area (Å²) in [5.74, 6) is 0. The van der Waals surface area contributed by atoms with Crippen molar-refractivity contribution < 1.29 is 0 Å². The molecule has 2 aromatic heterocycles. The average Bonchev–Trinajstić information content (AvgIpc) is 2.93. The van der Waals surface area contributed by atoms with Crippen LogP contribution < -0.4 is 0 Å². The number of thiophene rings is 1. The lowest BCUT2D eigenvalue weighted by molar-refractivity contribution is 0.818. The highest BCUT2D eigenvalue weighted by molar-refractivity contribution is 7.08. The van der Waals surface area contributed by atoms with Gasteiger partial charge in [-0.2, -0.15) is 11.3 Å². The molecule has 1 aliphatic rings. The van der Waals surface area contributed by atoms with E-state index in [-0.39, 0.29) is 24.8 Å². The van der Waals surface area contributed by atoms with Crippen molar-refractivity contribution in [3.05, 3.63) is 58.1 Å². The van der Waals surface area contributed by atoms with Crippen molar-refractivity contribution in [2.75, 3.05) is 6.54 Å². The first-order chi connectivity index (χ1) is 8.93. The molecule has 5 heteroatoms. The van der Waals surface area contributed by atoms with E-state index in [0.717, 1.165) is 30.7 Å². The molecule has 3 rings (SSSR count). The number of hydrogen-bond acceptors (Lipinski definition) is 3. The minimum atomic E-state index is 0. The van der Waals surface area contributed by atoms with Gasteiger partial charge in [0.15, 0.2) is 0 Å². The standard InChI is InChI=1S/C15H14N2S.2ClH/c1-4-14(10-16-6-1)15-13(3-2-7-17-15)9-12-5-8-18-11-12;;/h1,4-6,8-11H,2-3,7H2;2*1H/b13-9+;;. The average molecular weight is 327 g/mol. The summed E-state index contributed by atoms with van der Waals surface area (Å²) < 4.78 is 0. The van der Waals surface area contributed by atoms with Gasteiger partial charge in [0, 0.05) is 24.5 Å². The summed E-state index contributed by atoms with van der Waals surface area (Å²) in [4.78, 5) is 8.86. The Morgan fingerprint density at radius 3 is 2.80 bits per heavy atom. The molecule has 2 nitrogen and oxygen atoms in total. The molecule has 2 aromatic rings. The monoisotopic (exact) mass is 326 g/mol. The molecule has 0 radical (unpaired) electrons. The Kier molecular flexibility index (Phi) is 6.93. The molecule has 0 aromatic carbocycles. The van der Waals surface area contributed by atoms with Gasteiger partial charge in [-0.15, -0.1) is 24.8 Å². The Bertz CT molecular complexity index is 577. The minimum absolute atomic E-state index is 0. The number of nitrogens with zero attached hydrogens (tertiary/aromatic N) is 2. The number of rotatable bonds is 2. The summed E-state index contributed by atoms with van der Waals surface area (Å²) in [6.45, 7) is 0.922. The van der Waals surface area contributed by atoms with E-state index in [1.807, 2.05) is 12.3 Å². The molecule has 1 aliphatic heterocycles. The fourth-order valence-corrected chi connectivity index (χ4v) is 2.78. The number of pyridine rings is 1. The maximum atomic E-state index is 4.67. The zero-order valence-corrected chi connectivity index (χ0v) is 13.3. The Morgan fingerprint density at radius 2 is 2.10 bits per heavy atom. The Hall–Kier alpha value is -1.16. The van der Waals surface area contributed by atoms with Gasteiger partial charge < -0.3 is 0 Å². The molecule has 0 amide bonds. The molecule has 0 unspecified atom stereocenters. The normalized spacial score (nSPS) is 16.0. The van der Waals surface area contributed by atoms with Crippen LogP contribution in [0.4, 0.5) is 0 Å². The van der Waals surface area contributed by atoms with Crippen LogP contribution in [0.1, 0.15) is 24.0 Å². The molecule has 0 atom stereocenters. The van der Waals surface area contributed by atoms with Crippen molar-refractivity contribution in [3.63, 3.8) is 0 Å². The Balaban J connectivity index is 0.000001000. The van der Waals surface area contributed by atoms with Crippen molar-refractivity contribution in [2.24, 2.45) is 4.99 Å². The summed E-state index contributed by atoms with van der Waals surface area (Å²) in [7, 11) is 0. The van der Waals surface area contributed by atoms with Crippen LogP contribution in [0.15, 0.2) is 51.9 Å². The highest BCUT2D eigenvalue weighted by Gasteiger charge is 2.13. The lowest BCUT2D eigenvalue weighted by atomic mass is 9.95. The SMILES string of the molecule is C(=C1/CCCN=C1c1cccnc1)/c1ccsc1.Cl.Cl. The predicted octanol–water partition coefficient (Wildman–Crippen LogP) is 4.65.